The number of carboxylic acid groups (broad SMARTS) is 1. The minimum Gasteiger partial charge on any atom is -0.493 e. The van der Waals surface area contributed by atoms with Gasteiger partial charge in [-0.15, -0.1) is 0 Å². The number of carbonyl (C=O) groups is 2. The van der Waals surface area contributed by atoms with Gasteiger partial charge in [0.1, 0.15) is 11.3 Å². The number of halogens is 1. The Balaban J connectivity index is 1.64. The van der Waals surface area contributed by atoms with E-state index in [2.05, 4.69) is 0 Å². The lowest BCUT2D eigenvalue weighted by Gasteiger charge is -2.29. The van der Waals surface area contributed by atoms with Gasteiger partial charge in [0.15, 0.2) is 11.5 Å². The fourth-order valence-electron chi connectivity index (χ4n) is 5.23. The van der Waals surface area contributed by atoms with Gasteiger partial charge in [-0.3, -0.25) is 9.10 Å². The van der Waals surface area contributed by atoms with Crippen LogP contribution in [0.3, 0.4) is 0 Å². The fraction of sp³-hybridized carbons (Fsp3) is 0.212. The zero-order chi connectivity index (χ0) is 33.2. The average molecular weight is 667 g/mol. The van der Waals surface area contributed by atoms with Gasteiger partial charge in [0, 0.05) is 30.1 Å². The highest BCUT2D eigenvalue weighted by molar-refractivity contribution is 7.92. The van der Waals surface area contributed by atoms with E-state index >= 15 is 0 Å². The van der Waals surface area contributed by atoms with E-state index in [1.807, 2.05) is 0 Å². The Morgan fingerprint density at radius 1 is 0.957 bits per heavy atom. The fourth-order valence-corrected chi connectivity index (χ4v) is 6.98. The quantitative estimate of drug-likeness (QED) is 0.153. The number of amides is 1. The molecule has 1 amide bonds. The molecule has 3 aromatic carbocycles. The Morgan fingerprint density at radius 2 is 1.67 bits per heavy atom. The van der Waals surface area contributed by atoms with E-state index in [4.69, 9.17) is 29.9 Å². The minimum absolute atomic E-state index is 0.00421. The number of anilines is 1. The molecule has 5 rings (SSSR count). The van der Waals surface area contributed by atoms with Crippen molar-refractivity contribution in [3.63, 3.8) is 0 Å². The van der Waals surface area contributed by atoms with Crippen molar-refractivity contribution in [2.45, 2.75) is 31.8 Å². The van der Waals surface area contributed by atoms with Crippen LogP contribution in [-0.2, 0) is 23.1 Å². The highest BCUT2D eigenvalue weighted by Crippen LogP contribution is 2.39. The van der Waals surface area contributed by atoms with Crippen LogP contribution in [0.4, 0.5) is 5.69 Å². The molecule has 0 spiro atoms. The lowest BCUT2D eigenvalue weighted by Crippen LogP contribution is -2.34. The molecule has 11 nitrogen and oxygen atoms in total. The number of hydrogen-bond acceptors (Lipinski definition) is 8. The van der Waals surface area contributed by atoms with E-state index in [9.17, 15) is 23.1 Å². The second-order valence-corrected chi connectivity index (χ2v) is 12.5. The van der Waals surface area contributed by atoms with Gasteiger partial charge in [0.2, 0.25) is 5.76 Å². The van der Waals surface area contributed by atoms with Gasteiger partial charge in [0.25, 0.3) is 15.9 Å². The third-order valence-corrected chi connectivity index (χ3v) is 9.72. The molecule has 1 N–H and O–H groups in total. The van der Waals surface area contributed by atoms with Gasteiger partial charge in [-0.25, -0.2) is 13.2 Å². The first-order valence-electron chi connectivity index (χ1n) is 14.1. The number of ether oxygens (including phenoxy) is 2. The van der Waals surface area contributed by atoms with E-state index in [0.29, 0.717) is 28.0 Å². The predicted molar refractivity (Wildman–Crippen MR) is 171 cm³/mol. The summed E-state index contributed by atoms with van der Waals surface area (Å²) in [6.45, 7) is 3.24. The first-order valence-corrected chi connectivity index (χ1v) is 15.9. The van der Waals surface area contributed by atoms with Gasteiger partial charge >= 0.3 is 5.97 Å². The van der Waals surface area contributed by atoms with Crippen molar-refractivity contribution in [1.82, 2.24) is 4.90 Å². The number of rotatable bonds is 12. The third-order valence-electron chi connectivity index (χ3n) is 7.51. The Hall–Kier alpha value is -4.94. The summed E-state index contributed by atoms with van der Waals surface area (Å²) in [4.78, 5) is 27.0. The number of methoxy groups -OCH3 is 2. The van der Waals surface area contributed by atoms with Crippen LogP contribution < -0.4 is 13.8 Å². The van der Waals surface area contributed by atoms with Crippen LogP contribution in [0.25, 0.3) is 11.0 Å². The number of furan rings is 2. The van der Waals surface area contributed by atoms with Crippen molar-refractivity contribution in [3.05, 3.63) is 106 Å². The van der Waals surface area contributed by atoms with Crippen LogP contribution in [0.1, 0.15) is 44.7 Å². The summed E-state index contributed by atoms with van der Waals surface area (Å²) in [5.74, 6) is -0.810. The molecule has 0 aliphatic carbocycles. The van der Waals surface area contributed by atoms with E-state index in [-0.39, 0.29) is 57.9 Å². The van der Waals surface area contributed by atoms with E-state index in [1.54, 1.807) is 62.4 Å². The number of nitrogens with zero attached hydrogens (tertiary/aromatic N) is 2. The van der Waals surface area contributed by atoms with Crippen molar-refractivity contribution >= 4 is 50.2 Å². The molecule has 2 aromatic heterocycles. The maximum absolute atomic E-state index is 14.3. The summed E-state index contributed by atoms with van der Waals surface area (Å²) in [6, 6.07) is 17.4. The molecule has 0 unspecified atom stereocenters. The first kappa shape index (κ1) is 32.5. The largest absolute Gasteiger partial charge is 0.493 e. The normalized spacial score (nSPS) is 11.4. The number of carboxylic acids is 1. The zero-order valence-corrected chi connectivity index (χ0v) is 27.0. The minimum atomic E-state index is -4.25. The van der Waals surface area contributed by atoms with Gasteiger partial charge in [-0.1, -0.05) is 23.7 Å². The van der Waals surface area contributed by atoms with Crippen molar-refractivity contribution in [3.8, 4) is 11.5 Å². The van der Waals surface area contributed by atoms with Crippen LogP contribution in [0.2, 0.25) is 5.02 Å². The molecule has 0 atom stereocenters. The Morgan fingerprint density at radius 3 is 2.30 bits per heavy atom. The van der Waals surface area contributed by atoms with Crippen molar-refractivity contribution in [2.75, 3.05) is 25.1 Å². The topological polar surface area (TPSA) is 140 Å². The molecule has 0 bridgehead atoms. The number of aryl methyl sites for hydroxylation is 1. The second-order valence-electron chi connectivity index (χ2n) is 10.2. The molecule has 0 radical (unpaired) electrons. The lowest BCUT2D eigenvalue weighted by molar-refractivity contribution is 0.0662. The van der Waals surface area contributed by atoms with Crippen LogP contribution >= 0.6 is 11.6 Å². The molecule has 0 saturated heterocycles. The second kappa shape index (κ2) is 13.2. The molecule has 0 saturated carbocycles. The van der Waals surface area contributed by atoms with Crippen molar-refractivity contribution in [2.24, 2.45) is 0 Å². The maximum Gasteiger partial charge on any atom is 0.372 e. The highest BCUT2D eigenvalue weighted by Gasteiger charge is 2.30. The highest BCUT2D eigenvalue weighted by atomic mass is 35.5. The first-order chi connectivity index (χ1) is 22.0. The average Bonchev–Trinajstić information content (AvgIpc) is 3.68. The Labute approximate surface area is 270 Å². The maximum atomic E-state index is 14.3. The smallest absolute Gasteiger partial charge is 0.372 e. The predicted octanol–water partition coefficient (Wildman–Crippen LogP) is 6.76. The molecule has 240 valence electrons. The number of carbonyl (C=O) groups excluding carboxylic acids is 1. The third kappa shape index (κ3) is 6.13. The van der Waals surface area contributed by atoms with Crippen molar-refractivity contribution < 1.29 is 41.4 Å². The molecule has 0 aliphatic heterocycles. The molecule has 13 heteroatoms. The van der Waals surface area contributed by atoms with Crippen LogP contribution in [0, 0.1) is 6.92 Å². The Kier molecular flexibility index (Phi) is 9.31. The summed E-state index contributed by atoms with van der Waals surface area (Å²) < 4.78 is 51.9. The Bertz CT molecular complexity index is 2020. The van der Waals surface area contributed by atoms with Crippen LogP contribution in [-0.4, -0.2) is 51.1 Å². The number of fused-ring (bicyclic) bond motifs is 1. The zero-order valence-electron chi connectivity index (χ0n) is 25.4. The monoisotopic (exact) mass is 666 g/mol. The number of hydrogen-bond donors (Lipinski definition) is 1. The van der Waals surface area contributed by atoms with Gasteiger partial charge in [0.05, 0.1) is 48.2 Å². The van der Waals surface area contributed by atoms with E-state index in [0.717, 1.165) is 0 Å². The standard InChI is InChI=1S/C33H31ClN2O9S/c1-5-36(46(40,41)23-12-13-28-25(16-23)20(2)31(45-28)33(38)39)27-17-30(43-4)29(42-3)15-21(27)18-35(19-22-9-8-14-44-22)32(37)24-10-6-7-11-26(24)34/h6-17H,5,18-19H2,1-4H3,(H,38,39). The number of sulfonamides is 1. The van der Waals surface area contributed by atoms with E-state index < -0.39 is 21.9 Å². The van der Waals surface area contributed by atoms with Gasteiger partial charge in [-0.05, 0) is 67.9 Å². The van der Waals surface area contributed by atoms with Gasteiger partial charge < -0.3 is 28.3 Å². The molecular formula is C33H31ClN2O9S. The summed E-state index contributed by atoms with van der Waals surface area (Å²) >= 11 is 6.40. The molecular weight excluding hydrogens is 636 g/mol. The van der Waals surface area contributed by atoms with Crippen molar-refractivity contribution in [1.29, 1.82) is 0 Å². The van der Waals surface area contributed by atoms with E-state index in [1.165, 1.54) is 47.9 Å². The molecule has 5 aromatic rings. The summed E-state index contributed by atoms with van der Waals surface area (Å²) in [7, 11) is -1.36. The number of aromatic carboxylic acids is 1. The van der Waals surface area contributed by atoms with Gasteiger partial charge in [-0.2, -0.15) is 0 Å². The molecule has 0 fully saturated rings. The molecule has 46 heavy (non-hydrogen) atoms. The summed E-state index contributed by atoms with van der Waals surface area (Å²) in [5, 5.41) is 10.1. The van der Waals surface area contributed by atoms with Crippen LogP contribution in [0.15, 0.2) is 86.7 Å². The summed E-state index contributed by atoms with van der Waals surface area (Å²) in [5.41, 5.74) is 1.49. The number of benzene rings is 3. The SMILES string of the molecule is CCN(c1cc(OC)c(OC)cc1CN(Cc1ccco1)C(=O)c1ccccc1Cl)S(=O)(=O)c1ccc2oc(C(=O)O)c(C)c2c1. The lowest BCUT2D eigenvalue weighted by atomic mass is 10.1. The van der Waals surface area contributed by atoms with Crippen LogP contribution in [0.5, 0.6) is 11.5 Å². The molecule has 2 heterocycles. The summed E-state index contributed by atoms with van der Waals surface area (Å²) in [6.07, 6.45) is 1.50. The molecule has 0 aliphatic rings.